The molecule has 18 heavy (non-hydrogen) atoms. The fraction of sp³-hybridized carbons (Fsp3) is 0.375. The van der Waals surface area contributed by atoms with Crippen molar-refractivity contribution < 1.29 is 0 Å². The van der Waals surface area contributed by atoms with Crippen LogP contribution in [0.3, 0.4) is 0 Å². The Morgan fingerprint density at radius 1 is 0.944 bits per heavy atom. The van der Waals surface area contributed by atoms with E-state index in [1.165, 1.54) is 37.6 Å². The maximum atomic E-state index is 3.89. The summed E-state index contributed by atoms with van der Waals surface area (Å²) in [5, 5.41) is 0. The molecule has 0 bridgehead atoms. The van der Waals surface area contributed by atoms with Crippen molar-refractivity contribution in [2.45, 2.75) is 39.4 Å². The molecule has 0 amide bonds. The summed E-state index contributed by atoms with van der Waals surface area (Å²) in [7, 11) is 0. The van der Waals surface area contributed by atoms with Crippen LogP contribution in [-0.4, -0.2) is 0 Å². The third-order valence-electron chi connectivity index (χ3n) is 3.34. The molecule has 96 valence electrons. The molecule has 0 nitrogen and oxygen atoms in total. The van der Waals surface area contributed by atoms with Crippen LogP contribution in [0.15, 0.2) is 18.2 Å². The molecule has 2 heteroatoms. The Balaban J connectivity index is 2.52. The molecular weight excluding hydrogens is 304 g/mol. The number of aryl methyl sites for hydroxylation is 5. The van der Waals surface area contributed by atoms with Crippen molar-refractivity contribution in [3.63, 3.8) is 0 Å². The van der Waals surface area contributed by atoms with Gasteiger partial charge in [-0.15, -0.1) is 11.3 Å². The fourth-order valence-electron chi connectivity index (χ4n) is 2.65. The minimum atomic E-state index is 0.308. The van der Waals surface area contributed by atoms with Gasteiger partial charge in [0.15, 0.2) is 0 Å². The van der Waals surface area contributed by atoms with Crippen LogP contribution in [0.5, 0.6) is 0 Å². The lowest BCUT2D eigenvalue weighted by molar-refractivity contribution is 1.10. The van der Waals surface area contributed by atoms with Crippen LogP contribution in [0.1, 0.15) is 42.4 Å². The highest BCUT2D eigenvalue weighted by atomic mass is 79.9. The van der Waals surface area contributed by atoms with Gasteiger partial charge in [0.25, 0.3) is 0 Å². The first kappa shape index (κ1) is 13.8. The largest absolute Gasteiger partial charge is 0.146 e. The lowest BCUT2D eigenvalue weighted by Gasteiger charge is -2.17. The van der Waals surface area contributed by atoms with Crippen molar-refractivity contribution in [1.82, 2.24) is 0 Å². The van der Waals surface area contributed by atoms with Crippen LogP contribution in [0.25, 0.3) is 0 Å². The molecule has 0 saturated carbocycles. The molecule has 1 aromatic carbocycles. The highest BCUT2D eigenvalue weighted by Gasteiger charge is 2.18. The quantitative estimate of drug-likeness (QED) is 0.615. The van der Waals surface area contributed by atoms with Gasteiger partial charge in [-0.2, -0.15) is 0 Å². The molecule has 1 aromatic heterocycles. The van der Waals surface area contributed by atoms with E-state index < -0.39 is 0 Å². The van der Waals surface area contributed by atoms with E-state index in [0.29, 0.717) is 4.83 Å². The molecule has 0 saturated heterocycles. The standard InChI is InChI=1S/C16H19BrS/c1-9-6-10(2)15(11(3)7-9)16(17)14-8-12(4)18-13(14)5/h6-8,16H,1-5H3. The van der Waals surface area contributed by atoms with E-state index in [1.807, 2.05) is 11.3 Å². The Morgan fingerprint density at radius 3 is 1.94 bits per heavy atom. The van der Waals surface area contributed by atoms with E-state index in [0.717, 1.165) is 0 Å². The second-order valence-corrected chi connectivity index (χ2v) is 7.42. The zero-order chi connectivity index (χ0) is 13.4. The highest BCUT2D eigenvalue weighted by Crippen LogP contribution is 2.39. The summed E-state index contributed by atoms with van der Waals surface area (Å²) >= 11 is 5.77. The normalized spacial score (nSPS) is 12.8. The molecule has 1 heterocycles. The lowest BCUT2D eigenvalue weighted by atomic mass is 9.94. The average Bonchev–Trinajstić information content (AvgIpc) is 2.56. The van der Waals surface area contributed by atoms with Crippen LogP contribution in [-0.2, 0) is 0 Å². The van der Waals surface area contributed by atoms with E-state index >= 15 is 0 Å². The van der Waals surface area contributed by atoms with Crippen LogP contribution in [0.4, 0.5) is 0 Å². The van der Waals surface area contributed by atoms with Gasteiger partial charge in [-0.25, -0.2) is 0 Å². The van der Waals surface area contributed by atoms with E-state index in [2.05, 4.69) is 68.7 Å². The van der Waals surface area contributed by atoms with Gasteiger partial charge in [0.2, 0.25) is 0 Å². The number of alkyl halides is 1. The van der Waals surface area contributed by atoms with Crippen LogP contribution < -0.4 is 0 Å². The van der Waals surface area contributed by atoms with Gasteiger partial charge >= 0.3 is 0 Å². The number of hydrogen-bond donors (Lipinski definition) is 0. The Bertz CT molecular complexity index is 558. The maximum Gasteiger partial charge on any atom is 0.0660 e. The van der Waals surface area contributed by atoms with Gasteiger partial charge in [-0.3, -0.25) is 0 Å². The summed E-state index contributed by atoms with van der Waals surface area (Å²) < 4.78 is 0. The number of thiophene rings is 1. The number of benzene rings is 1. The number of rotatable bonds is 2. The van der Waals surface area contributed by atoms with Crippen LogP contribution >= 0.6 is 27.3 Å². The summed E-state index contributed by atoms with van der Waals surface area (Å²) in [6, 6.07) is 6.84. The molecule has 2 aromatic rings. The molecule has 0 fully saturated rings. The van der Waals surface area contributed by atoms with E-state index in [9.17, 15) is 0 Å². The molecule has 1 unspecified atom stereocenters. The molecule has 0 aliphatic heterocycles. The van der Waals surface area contributed by atoms with Crippen LogP contribution in [0.2, 0.25) is 0 Å². The van der Waals surface area contributed by atoms with E-state index in [-0.39, 0.29) is 0 Å². The topological polar surface area (TPSA) is 0 Å². The molecule has 0 aliphatic carbocycles. The minimum absolute atomic E-state index is 0.308. The maximum absolute atomic E-state index is 3.89. The zero-order valence-corrected chi connectivity index (χ0v) is 14.0. The third kappa shape index (κ3) is 2.55. The lowest BCUT2D eigenvalue weighted by Crippen LogP contribution is -2.00. The Labute approximate surface area is 122 Å². The van der Waals surface area contributed by atoms with Gasteiger partial charge in [0, 0.05) is 9.75 Å². The third-order valence-corrected chi connectivity index (χ3v) is 5.28. The van der Waals surface area contributed by atoms with Crippen molar-refractivity contribution in [1.29, 1.82) is 0 Å². The predicted octanol–water partition coefficient (Wildman–Crippen LogP) is 5.77. The molecule has 0 radical (unpaired) electrons. The summed E-state index contributed by atoms with van der Waals surface area (Å²) in [5.74, 6) is 0. The molecule has 0 aliphatic rings. The second-order valence-electron chi connectivity index (χ2n) is 5.04. The molecule has 1 atom stereocenters. The van der Waals surface area contributed by atoms with Crippen molar-refractivity contribution in [2.75, 3.05) is 0 Å². The Hall–Kier alpha value is -0.600. The molecule has 0 N–H and O–H groups in total. The Morgan fingerprint density at radius 2 is 1.50 bits per heavy atom. The first-order chi connectivity index (χ1) is 8.40. The van der Waals surface area contributed by atoms with Gasteiger partial charge in [0.1, 0.15) is 0 Å². The monoisotopic (exact) mass is 322 g/mol. The van der Waals surface area contributed by atoms with Crippen molar-refractivity contribution in [3.8, 4) is 0 Å². The number of halogens is 1. The fourth-order valence-corrected chi connectivity index (χ4v) is 4.96. The average molecular weight is 323 g/mol. The first-order valence-electron chi connectivity index (χ1n) is 6.19. The van der Waals surface area contributed by atoms with Crippen molar-refractivity contribution in [3.05, 3.63) is 55.8 Å². The van der Waals surface area contributed by atoms with E-state index in [1.54, 1.807) is 0 Å². The SMILES string of the molecule is Cc1cc(C)c(C(Br)c2cc(C)sc2C)c(C)c1. The highest BCUT2D eigenvalue weighted by molar-refractivity contribution is 9.09. The predicted molar refractivity (Wildman–Crippen MR) is 85.2 cm³/mol. The Kier molecular flexibility index (Phi) is 3.98. The summed E-state index contributed by atoms with van der Waals surface area (Å²) in [5.41, 5.74) is 6.91. The van der Waals surface area contributed by atoms with E-state index in [4.69, 9.17) is 0 Å². The van der Waals surface area contributed by atoms with Crippen molar-refractivity contribution >= 4 is 27.3 Å². The molecular formula is C16H19BrS. The smallest absolute Gasteiger partial charge is 0.0660 e. The van der Waals surface area contributed by atoms with Gasteiger partial charge in [-0.1, -0.05) is 33.6 Å². The molecule has 2 rings (SSSR count). The summed E-state index contributed by atoms with van der Waals surface area (Å²) in [6.45, 7) is 11.0. The summed E-state index contributed by atoms with van der Waals surface area (Å²) in [4.78, 5) is 3.10. The minimum Gasteiger partial charge on any atom is -0.146 e. The first-order valence-corrected chi connectivity index (χ1v) is 7.92. The molecule has 0 spiro atoms. The van der Waals surface area contributed by atoms with Crippen LogP contribution in [0, 0.1) is 34.6 Å². The zero-order valence-electron chi connectivity index (χ0n) is 11.6. The summed E-state index contributed by atoms with van der Waals surface area (Å²) in [6.07, 6.45) is 0. The van der Waals surface area contributed by atoms with Crippen molar-refractivity contribution in [2.24, 2.45) is 0 Å². The number of hydrogen-bond acceptors (Lipinski definition) is 1. The van der Waals surface area contributed by atoms with Gasteiger partial charge in [0.05, 0.1) is 4.83 Å². The van der Waals surface area contributed by atoms with Gasteiger partial charge in [-0.05, 0) is 62.9 Å². The second kappa shape index (κ2) is 5.18. The van der Waals surface area contributed by atoms with Gasteiger partial charge < -0.3 is 0 Å².